The van der Waals surface area contributed by atoms with E-state index in [0.717, 1.165) is 29.5 Å². The molecule has 2 atom stereocenters. The summed E-state index contributed by atoms with van der Waals surface area (Å²) in [6, 6.07) is 11.6. The van der Waals surface area contributed by atoms with Gasteiger partial charge in [0.25, 0.3) is 5.91 Å². The summed E-state index contributed by atoms with van der Waals surface area (Å²) < 4.78 is 19.5. The van der Waals surface area contributed by atoms with Crippen molar-refractivity contribution < 1.29 is 23.8 Å². The molecule has 2 heterocycles. The fourth-order valence-corrected chi connectivity index (χ4v) is 4.80. The van der Waals surface area contributed by atoms with Gasteiger partial charge in [0.05, 0.1) is 10.5 Å². The van der Waals surface area contributed by atoms with Crippen LogP contribution in [0.4, 0.5) is 4.39 Å². The molecule has 2 aromatic carbocycles. The van der Waals surface area contributed by atoms with E-state index < -0.39 is 17.9 Å². The summed E-state index contributed by atoms with van der Waals surface area (Å²) in [6.07, 6.45) is 0.928. The molecule has 0 bridgehead atoms. The second kappa shape index (κ2) is 9.97. The summed E-state index contributed by atoms with van der Waals surface area (Å²) in [5, 5.41) is 10.2. The van der Waals surface area contributed by atoms with Gasteiger partial charge in [0.15, 0.2) is 6.10 Å². The highest BCUT2D eigenvalue weighted by atomic mass is 35.5. The van der Waals surface area contributed by atoms with Crippen molar-refractivity contribution in [3.63, 3.8) is 0 Å². The van der Waals surface area contributed by atoms with E-state index >= 15 is 0 Å². The molecule has 1 saturated heterocycles. The van der Waals surface area contributed by atoms with Gasteiger partial charge in [0, 0.05) is 42.2 Å². The second-order valence-corrected chi connectivity index (χ2v) is 9.17. The molecule has 0 spiro atoms. The zero-order valence-corrected chi connectivity index (χ0v) is 19.8. The smallest absolute Gasteiger partial charge is 0.303 e. The maximum absolute atomic E-state index is 13.5. The number of nitrogens with zero attached hydrogens (tertiary/aromatic N) is 2. The predicted molar refractivity (Wildman–Crippen MR) is 129 cm³/mol. The first-order valence-corrected chi connectivity index (χ1v) is 11.6. The number of ether oxygens (including phenoxy) is 1. The highest BCUT2D eigenvalue weighted by Crippen LogP contribution is 2.35. The highest BCUT2D eigenvalue weighted by molar-refractivity contribution is 6.33. The summed E-state index contributed by atoms with van der Waals surface area (Å²) in [4.78, 5) is 30.3. The number of carboxylic acid groups (broad SMARTS) is 1. The first-order chi connectivity index (χ1) is 16.2. The minimum absolute atomic E-state index is 0.0352. The number of halogens is 2. The monoisotopic (exact) mass is 484 g/mol. The second-order valence-electron chi connectivity index (χ2n) is 8.76. The first-order valence-electron chi connectivity index (χ1n) is 11.3. The molecular weight excluding hydrogens is 459 g/mol. The Morgan fingerprint density at radius 3 is 2.76 bits per heavy atom. The van der Waals surface area contributed by atoms with E-state index in [2.05, 4.69) is 4.98 Å². The molecule has 4 rings (SSSR count). The summed E-state index contributed by atoms with van der Waals surface area (Å²) in [5.41, 5.74) is 2.98. The van der Waals surface area contributed by atoms with Crippen LogP contribution < -0.4 is 4.74 Å². The Balaban J connectivity index is 1.55. The molecule has 6 nitrogen and oxygen atoms in total. The van der Waals surface area contributed by atoms with Crippen molar-refractivity contribution in [2.45, 2.75) is 39.2 Å². The van der Waals surface area contributed by atoms with E-state index in [0.29, 0.717) is 34.9 Å². The molecule has 8 heteroatoms. The molecule has 1 aliphatic rings. The number of carboxylic acids is 1. The molecule has 178 valence electrons. The summed E-state index contributed by atoms with van der Waals surface area (Å²) in [6.45, 7) is 4.59. The standard InChI is InChI=1S/C26H26ClFN2O4/c1-15-10-22(20-7-5-18(28)12-23(20)27)21-8-6-19(13-24(21)29-15)34-16(2)26(33)30-9-3-4-17(14-30)11-25(31)32/h5-8,10,12-13,16-17H,3-4,9,11,14H2,1-2H3,(H,31,32)/t16-,17-/m1/s1. The molecular formula is C26H26ClFN2O4. The zero-order valence-electron chi connectivity index (χ0n) is 19.1. The van der Waals surface area contributed by atoms with E-state index in [1.54, 1.807) is 30.0 Å². The van der Waals surface area contributed by atoms with Crippen LogP contribution in [0.5, 0.6) is 5.75 Å². The van der Waals surface area contributed by atoms with Crippen molar-refractivity contribution >= 4 is 34.4 Å². The summed E-state index contributed by atoms with van der Waals surface area (Å²) >= 11 is 6.30. The number of aromatic nitrogens is 1. The number of carbonyl (C=O) groups excluding carboxylic acids is 1. The van der Waals surface area contributed by atoms with Gasteiger partial charge >= 0.3 is 5.97 Å². The average Bonchev–Trinajstić information content (AvgIpc) is 2.77. The lowest BCUT2D eigenvalue weighted by molar-refractivity contribution is -0.143. The first kappa shape index (κ1) is 24.0. The average molecular weight is 485 g/mol. The Morgan fingerprint density at radius 1 is 1.24 bits per heavy atom. The van der Waals surface area contributed by atoms with Crippen LogP contribution in [0.3, 0.4) is 0 Å². The number of aliphatic carboxylic acids is 1. The molecule has 1 aliphatic heterocycles. The Kier molecular flexibility index (Phi) is 7.03. The van der Waals surface area contributed by atoms with Gasteiger partial charge in [-0.25, -0.2) is 4.39 Å². The molecule has 3 aromatic rings. The number of piperidine rings is 1. The Bertz CT molecular complexity index is 1250. The van der Waals surface area contributed by atoms with Gasteiger partial charge in [-0.15, -0.1) is 0 Å². The number of hydrogen-bond acceptors (Lipinski definition) is 4. The third-order valence-electron chi connectivity index (χ3n) is 6.09. The molecule has 0 saturated carbocycles. The lowest BCUT2D eigenvalue weighted by Crippen LogP contribution is -2.46. The van der Waals surface area contributed by atoms with Crippen molar-refractivity contribution in [2.24, 2.45) is 5.92 Å². The van der Waals surface area contributed by atoms with Gasteiger partial charge in [0.2, 0.25) is 0 Å². The SMILES string of the molecule is Cc1cc(-c2ccc(F)cc2Cl)c2ccc(O[C@H](C)C(=O)N3CCC[C@H](CC(=O)O)C3)cc2n1. The number of carbonyl (C=O) groups is 2. The molecule has 0 radical (unpaired) electrons. The number of pyridine rings is 1. The highest BCUT2D eigenvalue weighted by Gasteiger charge is 2.29. The van der Waals surface area contributed by atoms with Crippen LogP contribution in [-0.4, -0.2) is 46.1 Å². The minimum atomic E-state index is -0.844. The molecule has 34 heavy (non-hydrogen) atoms. The van der Waals surface area contributed by atoms with E-state index in [1.807, 2.05) is 19.1 Å². The van der Waals surface area contributed by atoms with E-state index in [4.69, 9.17) is 21.4 Å². The number of benzene rings is 2. The van der Waals surface area contributed by atoms with Crippen LogP contribution >= 0.6 is 11.6 Å². The van der Waals surface area contributed by atoms with Crippen LogP contribution in [0.25, 0.3) is 22.0 Å². The topological polar surface area (TPSA) is 79.7 Å². The van der Waals surface area contributed by atoms with E-state index in [1.165, 1.54) is 12.1 Å². The van der Waals surface area contributed by atoms with Crippen molar-refractivity contribution in [3.8, 4) is 16.9 Å². The summed E-state index contributed by atoms with van der Waals surface area (Å²) in [5.74, 6) is -0.940. The zero-order chi connectivity index (χ0) is 24.4. The molecule has 1 N–H and O–H groups in total. The van der Waals surface area contributed by atoms with Crippen LogP contribution in [0.1, 0.15) is 31.9 Å². The number of fused-ring (bicyclic) bond motifs is 1. The minimum Gasteiger partial charge on any atom is -0.481 e. The third-order valence-corrected chi connectivity index (χ3v) is 6.40. The van der Waals surface area contributed by atoms with Gasteiger partial charge in [-0.05, 0) is 74.6 Å². The predicted octanol–water partition coefficient (Wildman–Crippen LogP) is 5.48. The Labute approximate surface area is 202 Å². The van der Waals surface area contributed by atoms with Crippen molar-refractivity contribution in [2.75, 3.05) is 13.1 Å². The maximum Gasteiger partial charge on any atom is 0.303 e. The van der Waals surface area contributed by atoms with Crippen LogP contribution in [-0.2, 0) is 9.59 Å². The fourth-order valence-electron chi connectivity index (χ4n) is 4.54. The number of amides is 1. The van der Waals surface area contributed by atoms with Gasteiger partial charge < -0.3 is 14.7 Å². The summed E-state index contributed by atoms with van der Waals surface area (Å²) in [7, 11) is 0. The largest absolute Gasteiger partial charge is 0.481 e. The van der Waals surface area contributed by atoms with Gasteiger partial charge in [-0.2, -0.15) is 0 Å². The van der Waals surface area contributed by atoms with Crippen molar-refractivity contribution in [1.82, 2.24) is 9.88 Å². The Hall–Kier alpha value is -3.19. The molecule has 0 unspecified atom stereocenters. The molecule has 0 aliphatic carbocycles. The molecule has 1 fully saturated rings. The lowest BCUT2D eigenvalue weighted by atomic mass is 9.94. The van der Waals surface area contributed by atoms with Gasteiger partial charge in [-0.1, -0.05) is 11.6 Å². The molecule has 1 amide bonds. The normalized spacial score (nSPS) is 16.9. The van der Waals surface area contributed by atoms with Crippen LogP contribution in [0.2, 0.25) is 5.02 Å². The Morgan fingerprint density at radius 2 is 2.03 bits per heavy atom. The number of aryl methyl sites for hydroxylation is 1. The maximum atomic E-state index is 13.5. The quantitative estimate of drug-likeness (QED) is 0.501. The van der Waals surface area contributed by atoms with E-state index in [9.17, 15) is 14.0 Å². The van der Waals surface area contributed by atoms with E-state index in [-0.39, 0.29) is 18.2 Å². The number of hydrogen-bond donors (Lipinski definition) is 1. The number of likely N-dealkylation sites (tertiary alicyclic amines) is 1. The van der Waals surface area contributed by atoms with Crippen LogP contribution in [0, 0.1) is 18.7 Å². The lowest BCUT2D eigenvalue weighted by Gasteiger charge is -2.33. The van der Waals surface area contributed by atoms with Crippen molar-refractivity contribution in [1.29, 1.82) is 0 Å². The van der Waals surface area contributed by atoms with Gasteiger partial charge in [0.1, 0.15) is 11.6 Å². The molecule has 1 aromatic heterocycles. The van der Waals surface area contributed by atoms with Gasteiger partial charge in [-0.3, -0.25) is 14.6 Å². The third kappa shape index (κ3) is 5.30. The number of rotatable bonds is 6. The van der Waals surface area contributed by atoms with Crippen molar-refractivity contribution in [3.05, 3.63) is 59.0 Å². The van der Waals surface area contributed by atoms with Crippen LogP contribution in [0.15, 0.2) is 42.5 Å². The fraction of sp³-hybridized carbons (Fsp3) is 0.346.